The highest BCUT2D eigenvalue weighted by Gasteiger charge is 2.33. The molecule has 3 aromatic rings. The number of para-hydroxylation sites is 1. The van der Waals surface area contributed by atoms with Crippen molar-refractivity contribution in [2.75, 3.05) is 6.54 Å². The SMILES string of the molecule is CCCc1ccnc(O[C@@H]2CC[C@@H](C)N(C(=O)c3ccccc3-n3nccn3)C2)c1C(=O)O. The van der Waals surface area contributed by atoms with Gasteiger partial charge in [0.05, 0.1) is 30.2 Å². The Morgan fingerprint density at radius 2 is 1.88 bits per heavy atom. The molecule has 0 spiro atoms. The highest BCUT2D eigenvalue weighted by Crippen LogP contribution is 2.27. The highest BCUT2D eigenvalue weighted by molar-refractivity contribution is 5.98. The third-order valence-corrected chi connectivity index (χ3v) is 5.88. The van der Waals surface area contributed by atoms with E-state index in [1.165, 1.54) is 4.80 Å². The summed E-state index contributed by atoms with van der Waals surface area (Å²) in [6, 6.07) is 8.94. The van der Waals surface area contributed by atoms with Gasteiger partial charge in [-0.3, -0.25) is 4.79 Å². The van der Waals surface area contributed by atoms with E-state index in [0.29, 0.717) is 36.2 Å². The monoisotopic (exact) mass is 449 g/mol. The van der Waals surface area contributed by atoms with Crippen molar-refractivity contribution in [1.29, 1.82) is 0 Å². The third-order valence-electron chi connectivity index (χ3n) is 5.88. The van der Waals surface area contributed by atoms with Gasteiger partial charge in [-0.25, -0.2) is 9.78 Å². The molecule has 0 bridgehead atoms. The lowest BCUT2D eigenvalue weighted by Crippen LogP contribution is -2.49. The molecular formula is C24H27N5O4. The molecule has 1 aliphatic rings. The molecular weight excluding hydrogens is 422 g/mol. The number of hydrogen-bond donors (Lipinski definition) is 1. The average Bonchev–Trinajstić information content (AvgIpc) is 3.35. The number of aryl methyl sites for hydroxylation is 1. The maximum Gasteiger partial charge on any atom is 0.341 e. The van der Waals surface area contributed by atoms with E-state index < -0.39 is 5.97 Å². The van der Waals surface area contributed by atoms with Crippen molar-refractivity contribution in [2.45, 2.75) is 51.7 Å². The van der Waals surface area contributed by atoms with E-state index in [1.807, 2.05) is 26.0 Å². The van der Waals surface area contributed by atoms with Crippen LogP contribution in [0, 0.1) is 0 Å². The number of carbonyl (C=O) groups is 2. The fourth-order valence-corrected chi connectivity index (χ4v) is 4.21. The molecule has 9 nitrogen and oxygen atoms in total. The van der Waals surface area contributed by atoms with Crippen LogP contribution in [-0.2, 0) is 6.42 Å². The van der Waals surface area contributed by atoms with Gasteiger partial charge < -0.3 is 14.7 Å². The Bertz CT molecular complexity index is 1130. The summed E-state index contributed by atoms with van der Waals surface area (Å²) < 4.78 is 6.09. The molecule has 0 saturated carbocycles. The molecule has 9 heteroatoms. The first-order chi connectivity index (χ1) is 16.0. The first-order valence-corrected chi connectivity index (χ1v) is 11.1. The Hall–Kier alpha value is -3.75. The minimum absolute atomic E-state index is 0.00863. The fraction of sp³-hybridized carbons (Fsp3) is 0.375. The molecule has 2 aromatic heterocycles. The molecule has 1 aromatic carbocycles. The standard InChI is InChI=1S/C24H27N5O4/c1-3-6-17-11-12-25-22(21(17)24(31)32)33-18-10-9-16(2)28(15-18)23(30)19-7-4-5-8-20(19)29-26-13-14-27-29/h4-5,7-8,11-14,16,18H,3,6,9-10,15H2,1-2H3,(H,31,32)/t16-,18-/m1/s1. The number of pyridine rings is 1. The Morgan fingerprint density at radius 3 is 2.61 bits per heavy atom. The van der Waals surface area contributed by atoms with Gasteiger partial charge in [-0.15, -0.1) is 0 Å². The van der Waals surface area contributed by atoms with Gasteiger partial charge >= 0.3 is 5.97 Å². The quantitative estimate of drug-likeness (QED) is 0.589. The van der Waals surface area contributed by atoms with Gasteiger partial charge in [-0.2, -0.15) is 15.0 Å². The summed E-state index contributed by atoms with van der Waals surface area (Å²) in [6.45, 7) is 4.33. The lowest BCUT2D eigenvalue weighted by Gasteiger charge is -2.38. The summed E-state index contributed by atoms with van der Waals surface area (Å²) in [7, 11) is 0. The molecule has 1 aliphatic heterocycles. The van der Waals surface area contributed by atoms with E-state index in [-0.39, 0.29) is 29.5 Å². The van der Waals surface area contributed by atoms with Crippen LogP contribution in [0.4, 0.5) is 0 Å². The summed E-state index contributed by atoms with van der Waals surface area (Å²) in [4.78, 5) is 32.9. The first-order valence-electron chi connectivity index (χ1n) is 11.1. The van der Waals surface area contributed by atoms with Crippen LogP contribution in [0.3, 0.4) is 0 Å². The van der Waals surface area contributed by atoms with Crippen LogP contribution in [-0.4, -0.2) is 60.6 Å². The molecule has 3 heterocycles. The van der Waals surface area contributed by atoms with E-state index in [4.69, 9.17) is 4.74 Å². The number of piperidine rings is 1. The Balaban J connectivity index is 1.58. The third kappa shape index (κ3) is 4.72. The number of aromatic nitrogens is 4. The second kappa shape index (κ2) is 9.81. The van der Waals surface area contributed by atoms with Crippen molar-refractivity contribution in [3.8, 4) is 11.6 Å². The minimum Gasteiger partial charge on any atom is -0.477 e. The number of likely N-dealkylation sites (tertiary alicyclic amines) is 1. The molecule has 4 rings (SSSR count). The van der Waals surface area contributed by atoms with Crippen molar-refractivity contribution in [3.05, 3.63) is 65.6 Å². The van der Waals surface area contributed by atoms with Gasteiger partial charge in [0.25, 0.3) is 5.91 Å². The Morgan fingerprint density at radius 1 is 1.12 bits per heavy atom. The predicted octanol–water partition coefficient (Wildman–Crippen LogP) is 3.39. The number of carboxylic acid groups (broad SMARTS) is 1. The van der Waals surface area contributed by atoms with Gasteiger partial charge in [0, 0.05) is 12.2 Å². The van der Waals surface area contributed by atoms with E-state index in [9.17, 15) is 14.7 Å². The van der Waals surface area contributed by atoms with Gasteiger partial charge in [-0.1, -0.05) is 25.5 Å². The van der Waals surface area contributed by atoms with Crippen LogP contribution in [0.25, 0.3) is 5.69 Å². The van der Waals surface area contributed by atoms with E-state index in [0.717, 1.165) is 12.8 Å². The van der Waals surface area contributed by atoms with E-state index >= 15 is 0 Å². The van der Waals surface area contributed by atoms with Crippen LogP contribution >= 0.6 is 0 Å². The zero-order chi connectivity index (χ0) is 23.4. The number of nitrogens with zero attached hydrogens (tertiary/aromatic N) is 5. The zero-order valence-electron chi connectivity index (χ0n) is 18.7. The maximum absolute atomic E-state index is 13.5. The summed E-state index contributed by atoms with van der Waals surface area (Å²) >= 11 is 0. The largest absolute Gasteiger partial charge is 0.477 e. The molecule has 1 amide bonds. The molecule has 33 heavy (non-hydrogen) atoms. The second-order valence-electron chi connectivity index (χ2n) is 8.16. The van der Waals surface area contributed by atoms with Gasteiger partial charge in [0.15, 0.2) is 0 Å². The smallest absolute Gasteiger partial charge is 0.341 e. The van der Waals surface area contributed by atoms with Gasteiger partial charge in [0.1, 0.15) is 11.7 Å². The molecule has 0 aliphatic carbocycles. The topological polar surface area (TPSA) is 110 Å². The van der Waals surface area contributed by atoms with Crippen LogP contribution in [0.1, 0.15) is 59.4 Å². The lowest BCUT2D eigenvalue weighted by molar-refractivity contribution is 0.0362. The lowest BCUT2D eigenvalue weighted by atomic mass is 9.99. The normalized spacial score (nSPS) is 18.2. The van der Waals surface area contributed by atoms with Crippen molar-refractivity contribution in [3.63, 3.8) is 0 Å². The number of ether oxygens (including phenoxy) is 1. The van der Waals surface area contributed by atoms with Crippen LogP contribution in [0.15, 0.2) is 48.9 Å². The van der Waals surface area contributed by atoms with E-state index in [1.54, 1.807) is 41.7 Å². The van der Waals surface area contributed by atoms with Crippen molar-refractivity contribution < 1.29 is 19.4 Å². The van der Waals surface area contributed by atoms with Crippen molar-refractivity contribution >= 4 is 11.9 Å². The second-order valence-corrected chi connectivity index (χ2v) is 8.16. The van der Waals surface area contributed by atoms with Crippen LogP contribution < -0.4 is 4.74 Å². The summed E-state index contributed by atoms with van der Waals surface area (Å²) in [5.41, 5.74) is 1.90. The molecule has 0 unspecified atom stereocenters. The number of amides is 1. The average molecular weight is 450 g/mol. The van der Waals surface area contributed by atoms with Gasteiger partial charge in [-0.05, 0) is 49.9 Å². The fourth-order valence-electron chi connectivity index (χ4n) is 4.21. The summed E-state index contributed by atoms with van der Waals surface area (Å²) in [5.74, 6) is -1.09. The molecule has 1 N–H and O–H groups in total. The highest BCUT2D eigenvalue weighted by atomic mass is 16.5. The minimum atomic E-state index is -1.06. The molecule has 1 fully saturated rings. The zero-order valence-corrected chi connectivity index (χ0v) is 18.7. The summed E-state index contributed by atoms with van der Waals surface area (Å²) in [5, 5.41) is 18.1. The Labute approximate surface area is 192 Å². The molecule has 1 saturated heterocycles. The predicted molar refractivity (Wildman–Crippen MR) is 121 cm³/mol. The number of aromatic carboxylic acids is 1. The van der Waals surface area contributed by atoms with E-state index in [2.05, 4.69) is 15.2 Å². The molecule has 0 radical (unpaired) electrons. The van der Waals surface area contributed by atoms with Crippen molar-refractivity contribution in [1.82, 2.24) is 24.9 Å². The number of carbonyl (C=O) groups excluding carboxylic acids is 1. The molecule has 172 valence electrons. The summed E-state index contributed by atoms with van der Waals surface area (Å²) in [6.07, 6.45) is 7.23. The number of hydrogen-bond acceptors (Lipinski definition) is 6. The van der Waals surface area contributed by atoms with Crippen LogP contribution in [0.2, 0.25) is 0 Å². The van der Waals surface area contributed by atoms with Crippen molar-refractivity contribution in [2.24, 2.45) is 0 Å². The first kappa shape index (κ1) is 22.4. The number of carboxylic acids is 1. The number of rotatable bonds is 7. The molecule has 2 atom stereocenters. The maximum atomic E-state index is 13.5. The Kier molecular flexibility index (Phi) is 6.67. The number of benzene rings is 1. The van der Waals surface area contributed by atoms with Crippen LogP contribution in [0.5, 0.6) is 5.88 Å². The van der Waals surface area contributed by atoms with Gasteiger partial charge in [0.2, 0.25) is 5.88 Å².